The third-order valence-electron chi connectivity index (χ3n) is 2.73. The molecule has 108 valence electrons. The molecule has 0 aliphatic rings. The summed E-state index contributed by atoms with van der Waals surface area (Å²) in [6.07, 6.45) is 3.99. The van der Waals surface area contributed by atoms with E-state index in [1.165, 1.54) is 5.56 Å². The fourth-order valence-electron chi connectivity index (χ4n) is 1.74. The van der Waals surface area contributed by atoms with Gasteiger partial charge in [0.15, 0.2) is 0 Å². The summed E-state index contributed by atoms with van der Waals surface area (Å²) >= 11 is 0. The van der Waals surface area contributed by atoms with Crippen LogP contribution in [0.5, 0.6) is 0 Å². The molecular formula is C15H27N3O. The summed E-state index contributed by atoms with van der Waals surface area (Å²) in [6, 6.07) is 2.06. The van der Waals surface area contributed by atoms with E-state index in [1.807, 2.05) is 17.0 Å². The van der Waals surface area contributed by atoms with Gasteiger partial charge in [0.05, 0.1) is 0 Å². The molecule has 0 saturated carbocycles. The van der Waals surface area contributed by atoms with Crippen LogP contribution in [0.25, 0.3) is 0 Å². The summed E-state index contributed by atoms with van der Waals surface area (Å²) in [5.74, 6) is 1.22. The number of carbonyl (C=O) groups excluding carboxylic acids is 1. The number of carbonyl (C=O) groups is 1. The van der Waals surface area contributed by atoms with Crippen molar-refractivity contribution in [3.63, 3.8) is 0 Å². The summed E-state index contributed by atoms with van der Waals surface area (Å²) in [4.78, 5) is 11.7. The first-order valence-electron chi connectivity index (χ1n) is 7.09. The Kier molecular flexibility index (Phi) is 6.64. The van der Waals surface area contributed by atoms with Gasteiger partial charge in [-0.3, -0.25) is 4.79 Å². The summed E-state index contributed by atoms with van der Waals surface area (Å²) < 4.78 is 1.93. The third-order valence-corrected chi connectivity index (χ3v) is 2.73. The molecule has 0 aliphatic heterocycles. The highest BCUT2D eigenvalue weighted by Gasteiger charge is 2.04. The zero-order valence-electron chi connectivity index (χ0n) is 12.6. The molecule has 0 spiro atoms. The molecule has 0 radical (unpaired) electrons. The van der Waals surface area contributed by atoms with E-state index in [0.29, 0.717) is 18.4 Å². The minimum absolute atomic E-state index is 0.0750. The highest BCUT2D eigenvalue weighted by molar-refractivity contribution is 5.75. The maximum atomic E-state index is 11.7. The zero-order chi connectivity index (χ0) is 14.3. The monoisotopic (exact) mass is 265 g/mol. The van der Waals surface area contributed by atoms with E-state index >= 15 is 0 Å². The minimum atomic E-state index is 0.0750. The molecule has 0 aromatic carbocycles. The second kappa shape index (κ2) is 8.00. The zero-order valence-corrected chi connectivity index (χ0v) is 12.6. The average molecular weight is 265 g/mol. The summed E-state index contributed by atoms with van der Waals surface area (Å²) in [7, 11) is 0. The topological polar surface area (TPSA) is 46.1 Å². The highest BCUT2D eigenvalue weighted by Crippen LogP contribution is 2.01. The van der Waals surface area contributed by atoms with E-state index in [9.17, 15) is 4.79 Å². The van der Waals surface area contributed by atoms with Crippen molar-refractivity contribution < 1.29 is 4.79 Å². The molecule has 0 fully saturated rings. The Morgan fingerprint density at radius 2 is 1.89 bits per heavy atom. The van der Waals surface area contributed by atoms with Crippen LogP contribution in [-0.4, -0.2) is 23.6 Å². The van der Waals surface area contributed by atoms with Crippen LogP contribution in [0.1, 0.15) is 33.3 Å². The summed E-state index contributed by atoms with van der Waals surface area (Å²) in [5, 5.41) is 6.32. The maximum absolute atomic E-state index is 11.7. The molecule has 19 heavy (non-hydrogen) atoms. The predicted octanol–water partition coefficient (Wildman–Crippen LogP) is 2.01. The van der Waals surface area contributed by atoms with Gasteiger partial charge in [-0.15, -0.1) is 0 Å². The maximum Gasteiger partial charge on any atom is 0.239 e. The first kappa shape index (κ1) is 15.8. The van der Waals surface area contributed by atoms with Crippen LogP contribution >= 0.6 is 0 Å². The van der Waals surface area contributed by atoms with Gasteiger partial charge in [0.25, 0.3) is 0 Å². The van der Waals surface area contributed by atoms with Crippen molar-refractivity contribution >= 4 is 5.91 Å². The van der Waals surface area contributed by atoms with E-state index in [-0.39, 0.29) is 5.91 Å². The number of rotatable bonds is 8. The molecule has 2 N–H and O–H groups in total. The van der Waals surface area contributed by atoms with Crippen molar-refractivity contribution in [2.45, 2.75) is 40.8 Å². The molecule has 1 heterocycles. The molecule has 4 heteroatoms. The van der Waals surface area contributed by atoms with Gasteiger partial charge in [-0.05, 0) is 30.0 Å². The Morgan fingerprint density at radius 3 is 2.53 bits per heavy atom. The van der Waals surface area contributed by atoms with E-state index in [4.69, 9.17) is 0 Å². The number of aromatic nitrogens is 1. The Bertz CT molecular complexity index is 382. The fourth-order valence-corrected chi connectivity index (χ4v) is 1.74. The molecule has 1 aromatic heterocycles. The average Bonchev–Trinajstić information content (AvgIpc) is 2.73. The van der Waals surface area contributed by atoms with Crippen molar-refractivity contribution in [1.29, 1.82) is 0 Å². The van der Waals surface area contributed by atoms with Crippen molar-refractivity contribution in [3.8, 4) is 0 Å². The largest absolute Gasteiger partial charge is 0.354 e. The molecule has 0 unspecified atom stereocenters. The normalized spacial score (nSPS) is 11.3. The fraction of sp³-hybridized carbons (Fsp3) is 0.667. The number of hydrogen-bond donors (Lipinski definition) is 2. The van der Waals surface area contributed by atoms with E-state index in [2.05, 4.69) is 44.4 Å². The Labute approximate surface area is 116 Å². The van der Waals surface area contributed by atoms with Crippen LogP contribution in [0.2, 0.25) is 0 Å². The summed E-state index contributed by atoms with van der Waals surface area (Å²) in [6.45, 7) is 11.6. The molecule has 0 aliphatic carbocycles. The first-order valence-corrected chi connectivity index (χ1v) is 7.09. The molecule has 0 saturated heterocycles. The van der Waals surface area contributed by atoms with Gasteiger partial charge in [-0.1, -0.05) is 27.7 Å². The minimum Gasteiger partial charge on any atom is -0.354 e. The smallest absolute Gasteiger partial charge is 0.239 e. The lowest BCUT2D eigenvalue weighted by atomic mass is 10.2. The Morgan fingerprint density at radius 1 is 1.21 bits per heavy atom. The number of amides is 1. The highest BCUT2D eigenvalue weighted by atomic mass is 16.1. The van der Waals surface area contributed by atoms with Crippen LogP contribution in [-0.2, 0) is 17.9 Å². The number of nitrogens with one attached hydrogen (secondary N) is 2. The third kappa shape index (κ3) is 7.01. The van der Waals surface area contributed by atoms with Crippen LogP contribution in [0.3, 0.4) is 0 Å². The van der Waals surface area contributed by atoms with Gasteiger partial charge < -0.3 is 15.2 Å². The Balaban J connectivity index is 2.31. The quantitative estimate of drug-likeness (QED) is 0.755. The van der Waals surface area contributed by atoms with Crippen LogP contribution in [0.15, 0.2) is 18.5 Å². The number of hydrogen-bond acceptors (Lipinski definition) is 2. The molecule has 4 nitrogen and oxygen atoms in total. The van der Waals surface area contributed by atoms with E-state index in [1.54, 1.807) is 0 Å². The lowest BCUT2D eigenvalue weighted by Gasteiger charge is -2.08. The van der Waals surface area contributed by atoms with Gasteiger partial charge in [0.2, 0.25) is 5.91 Å². The molecule has 0 atom stereocenters. The lowest BCUT2D eigenvalue weighted by molar-refractivity contribution is -0.121. The standard InChI is InChI=1S/C15H27N3O/c1-12(2)7-16-9-14-5-6-18(10-14)11-15(19)17-8-13(3)4/h5-6,10,12-13,16H,7-9,11H2,1-4H3,(H,17,19). The second-order valence-corrected chi connectivity index (χ2v) is 5.91. The SMILES string of the molecule is CC(C)CNCc1ccn(CC(=O)NCC(C)C)c1. The molecule has 0 bridgehead atoms. The van der Waals surface area contributed by atoms with Crippen molar-refractivity contribution in [1.82, 2.24) is 15.2 Å². The predicted molar refractivity (Wildman–Crippen MR) is 78.8 cm³/mol. The van der Waals surface area contributed by atoms with Gasteiger partial charge >= 0.3 is 0 Å². The first-order chi connectivity index (χ1) is 8.97. The Hall–Kier alpha value is -1.29. The van der Waals surface area contributed by atoms with E-state index < -0.39 is 0 Å². The molecule has 1 amide bonds. The van der Waals surface area contributed by atoms with Crippen LogP contribution in [0.4, 0.5) is 0 Å². The summed E-state index contributed by atoms with van der Waals surface area (Å²) in [5.41, 5.74) is 1.22. The van der Waals surface area contributed by atoms with Crippen LogP contribution in [0, 0.1) is 11.8 Å². The lowest BCUT2D eigenvalue weighted by Crippen LogP contribution is -2.30. The molecule has 1 aromatic rings. The molecule has 1 rings (SSSR count). The number of nitrogens with zero attached hydrogens (tertiary/aromatic N) is 1. The van der Waals surface area contributed by atoms with Crippen molar-refractivity contribution in [2.75, 3.05) is 13.1 Å². The van der Waals surface area contributed by atoms with Gasteiger partial charge in [-0.25, -0.2) is 0 Å². The second-order valence-electron chi connectivity index (χ2n) is 5.91. The van der Waals surface area contributed by atoms with E-state index in [0.717, 1.165) is 19.6 Å². The van der Waals surface area contributed by atoms with Crippen molar-refractivity contribution in [2.24, 2.45) is 11.8 Å². The van der Waals surface area contributed by atoms with Crippen molar-refractivity contribution in [3.05, 3.63) is 24.0 Å². The molecular weight excluding hydrogens is 238 g/mol. The van der Waals surface area contributed by atoms with Crippen LogP contribution < -0.4 is 10.6 Å². The van der Waals surface area contributed by atoms with Gasteiger partial charge in [0.1, 0.15) is 6.54 Å². The van der Waals surface area contributed by atoms with Gasteiger partial charge in [0, 0.05) is 25.5 Å². The van der Waals surface area contributed by atoms with Gasteiger partial charge in [-0.2, -0.15) is 0 Å².